The molecular formula is C19H19NO7. The first-order valence-electron chi connectivity index (χ1n) is 8.86. The summed E-state index contributed by atoms with van der Waals surface area (Å²) in [5.74, 6) is -2.80. The van der Waals surface area contributed by atoms with Gasteiger partial charge in [-0.15, -0.1) is 0 Å². The molecule has 3 heterocycles. The standard InChI is InChI=1S/C19H19NO7/c1-25-13(21)7-8-14(22)26-12-9-11-15-16(17(12)27-11)19(24)20(18(15)23)10-5-3-2-4-6-10/h2-6,11-12,15-17H,7-9H2,1H3/t11-,12?,15?,16?,17?/m1/s1. The minimum absolute atomic E-state index is 0.0672. The number of carbonyl (C=O) groups is 4. The Kier molecular flexibility index (Phi) is 4.43. The maximum atomic E-state index is 12.9. The van der Waals surface area contributed by atoms with Gasteiger partial charge in [-0.1, -0.05) is 18.2 Å². The average Bonchev–Trinajstić information content (AvgIpc) is 3.31. The first-order valence-corrected chi connectivity index (χ1v) is 8.86. The highest BCUT2D eigenvalue weighted by atomic mass is 16.6. The number of methoxy groups -OCH3 is 1. The lowest BCUT2D eigenvalue weighted by Crippen LogP contribution is -2.41. The number of anilines is 1. The number of fused-ring (bicyclic) bond motifs is 5. The zero-order valence-corrected chi connectivity index (χ0v) is 14.7. The topological polar surface area (TPSA) is 99.2 Å². The zero-order valence-electron chi connectivity index (χ0n) is 14.7. The number of carbonyl (C=O) groups excluding carboxylic acids is 4. The van der Waals surface area contributed by atoms with Crippen molar-refractivity contribution in [3.05, 3.63) is 30.3 Å². The predicted molar refractivity (Wildman–Crippen MR) is 90.3 cm³/mol. The molecule has 0 spiro atoms. The molecule has 3 aliphatic heterocycles. The third kappa shape index (κ3) is 2.90. The Morgan fingerprint density at radius 2 is 1.74 bits per heavy atom. The smallest absolute Gasteiger partial charge is 0.306 e. The summed E-state index contributed by atoms with van der Waals surface area (Å²) < 4.78 is 15.7. The van der Waals surface area contributed by atoms with Gasteiger partial charge >= 0.3 is 11.9 Å². The SMILES string of the molecule is COC(=O)CCC(=O)OC1C[C@H]2OC1C1C(=O)N(c3ccccc3)C(=O)C12. The number of hydrogen-bond donors (Lipinski definition) is 0. The van der Waals surface area contributed by atoms with E-state index in [2.05, 4.69) is 4.74 Å². The maximum Gasteiger partial charge on any atom is 0.306 e. The number of nitrogens with zero attached hydrogens (tertiary/aromatic N) is 1. The van der Waals surface area contributed by atoms with Crippen LogP contribution in [-0.2, 0) is 33.4 Å². The Morgan fingerprint density at radius 1 is 1.07 bits per heavy atom. The van der Waals surface area contributed by atoms with Gasteiger partial charge in [0.25, 0.3) is 0 Å². The van der Waals surface area contributed by atoms with Gasteiger partial charge in [-0.05, 0) is 12.1 Å². The Labute approximate surface area is 155 Å². The largest absolute Gasteiger partial charge is 0.469 e. The summed E-state index contributed by atoms with van der Waals surface area (Å²) in [6.07, 6.45) is -1.46. The minimum atomic E-state index is -0.644. The van der Waals surface area contributed by atoms with Crippen molar-refractivity contribution in [1.82, 2.24) is 0 Å². The number of imide groups is 1. The van der Waals surface area contributed by atoms with E-state index in [1.54, 1.807) is 24.3 Å². The van der Waals surface area contributed by atoms with Crippen molar-refractivity contribution in [2.45, 2.75) is 37.6 Å². The lowest BCUT2D eigenvalue weighted by Gasteiger charge is -2.25. The van der Waals surface area contributed by atoms with Crippen molar-refractivity contribution < 1.29 is 33.4 Å². The Balaban J connectivity index is 1.45. The van der Waals surface area contributed by atoms with Gasteiger partial charge in [0, 0.05) is 6.42 Å². The number of esters is 2. The molecular weight excluding hydrogens is 354 g/mol. The van der Waals surface area contributed by atoms with E-state index in [-0.39, 0.29) is 24.7 Å². The molecule has 0 aliphatic carbocycles. The highest BCUT2D eigenvalue weighted by Gasteiger charge is 2.66. The molecule has 1 aromatic rings. The molecule has 0 saturated carbocycles. The fourth-order valence-electron chi connectivity index (χ4n) is 4.19. The predicted octanol–water partition coefficient (Wildman–Crippen LogP) is 0.828. The molecule has 4 rings (SSSR count). The Hall–Kier alpha value is -2.74. The van der Waals surface area contributed by atoms with Gasteiger partial charge in [-0.3, -0.25) is 19.2 Å². The van der Waals surface area contributed by atoms with Gasteiger partial charge < -0.3 is 14.2 Å². The molecule has 0 radical (unpaired) electrons. The van der Waals surface area contributed by atoms with Crippen molar-refractivity contribution in [2.24, 2.45) is 11.8 Å². The van der Waals surface area contributed by atoms with Crippen molar-refractivity contribution in [3.63, 3.8) is 0 Å². The third-order valence-electron chi connectivity index (χ3n) is 5.37. The summed E-state index contributed by atoms with van der Waals surface area (Å²) in [7, 11) is 1.25. The van der Waals surface area contributed by atoms with Gasteiger partial charge in [-0.25, -0.2) is 4.90 Å². The molecule has 0 N–H and O–H groups in total. The zero-order chi connectivity index (χ0) is 19.1. The van der Waals surface area contributed by atoms with Crippen molar-refractivity contribution >= 4 is 29.4 Å². The van der Waals surface area contributed by atoms with E-state index < -0.39 is 42.1 Å². The summed E-state index contributed by atoms with van der Waals surface area (Å²) in [4.78, 5) is 50.0. The van der Waals surface area contributed by atoms with Crippen LogP contribution in [0.4, 0.5) is 5.69 Å². The molecule has 0 aromatic heterocycles. The van der Waals surface area contributed by atoms with Gasteiger partial charge in [0.1, 0.15) is 12.2 Å². The highest BCUT2D eigenvalue weighted by molar-refractivity contribution is 6.22. The lowest BCUT2D eigenvalue weighted by atomic mass is 9.79. The quantitative estimate of drug-likeness (QED) is 0.557. The fourth-order valence-corrected chi connectivity index (χ4v) is 4.19. The molecule has 8 heteroatoms. The van der Waals surface area contributed by atoms with Crippen molar-refractivity contribution in [3.8, 4) is 0 Å². The summed E-state index contributed by atoms with van der Waals surface area (Å²) >= 11 is 0. The number of hydrogen-bond acceptors (Lipinski definition) is 7. The molecule has 4 unspecified atom stereocenters. The highest BCUT2D eigenvalue weighted by Crippen LogP contribution is 2.50. The van der Waals surface area contributed by atoms with E-state index in [4.69, 9.17) is 9.47 Å². The molecule has 8 nitrogen and oxygen atoms in total. The third-order valence-corrected chi connectivity index (χ3v) is 5.37. The fraction of sp³-hybridized carbons (Fsp3) is 0.474. The van der Waals surface area contributed by atoms with Crippen LogP contribution in [-0.4, -0.2) is 49.2 Å². The molecule has 142 valence electrons. The van der Waals surface area contributed by atoms with Crippen molar-refractivity contribution in [2.75, 3.05) is 12.0 Å². The van der Waals surface area contributed by atoms with Gasteiger partial charge in [0.2, 0.25) is 11.8 Å². The summed E-state index contributed by atoms with van der Waals surface area (Å²) in [5.41, 5.74) is 0.535. The molecule has 2 bridgehead atoms. The van der Waals surface area contributed by atoms with E-state index in [1.807, 2.05) is 6.07 Å². The van der Waals surface area contributed by atoms with E-state index in [9.17, 15) is 19.2 Å². The average molecular weight is 373 g/mol. The number of rotatable bonds is 5. The second-order valence-electron chi connectivity index (χ2n) is 6.88. The summed E-state index contributed by atoms with van der Waals surface area (Å²) in [6, 6.07) is 8.77. The number of amides is 2. The van der Waals surface area contributed by atoms with E-state index in [1.165, 1.54) is 12.0 Å². The normalized spacial score (nSPS) is 31.1. The van der Waals surface area contributed by atoms with Gasteiger partial charge in [0.05, 0.1) is 43.6 Å². The molecule has 1 aromatic carbocycles. The van der Waals surface area contributed by atoms with Crippen LogP contribution in [0.15, 0.2) is 30.3 Å². The van der Waals surface area contributed by atoms with Crippen LogP contribution in [0.3, 0.4) is 0 Å². The van der Waals surface area contributed by atoms with Crippen LogP contribution in [0.2, 0.25) is 0 Å². The molecule has 3 aliphatic rings. The number of benzene rings is 1. The van der Waals surface area contributed by atoms with Crippen LogP contribution in [0.25, 0.3) is 0 Å². The first kappa shape index (κ1) is 17.7. The second kappa shape index (κ2) is 6.77. The monoisotopic (exact) mass is 373 g/mol. The van der Waals surface area contributed by atoms with E-state index >= 15 is 0 Å². The molecule has 2 amide bonds. The van der Waals surface area contributed by atoms with Crippen LogP contribution in [0, 0.1) is 11.8 Å². The van der Waals surface area contributed by atoms with Crippen molar-refractivity contribution in [1.29, 1.82) is 0 Å². The molecule has 3 fully saturated rings. The van der Waals surface area contributed by atoms with Gasteiger partial charge in [0.15, 0.2) is 0 Å². The minimum Gasteiger partial charge on any atom is -0.469 e. The second-order valence-corrected chi connectivity index (χ2v) is 6.88. The van der Waals surface area contributed by atoms with Crippen LogP contribution in [0.1, 0.15) is 19.3 Å². The maximum absolute atomic E-state index is 12.9. The van der Waals surface area contributed by atoms with E-state index in [0.29, 0.717) is 12.1 Å². The summed E-state index contributed by atoms with van der Waals surface area (Å²) in [6.45, 7) is 0. The van der Waals surface area contributed by atoms with Crippen LogP contribution in [0.5, 0.6) is 0 Å². The summed E-state index contributed by atoms with van der Waals surface area (Å²) in [5, 5.41) is 0. The van der Waals surface area contributed by atoms with Crippen LogP contribution >= 0.6 is 0 Å². The van der Waals surface area contributed by atoms with E-state index in [0.717, 1.165) is 0 Å². The lowest BCUT2D eigenvalue weighted by molar-refractivity contribution is -0.156. The molecule has 27 heavy (non-hydrogen) atoms. The Bertz CT molecular complexity index is 793. The van der Waals surface area contributed by atoms with Crippen LogP contribution < -0.4 is 4.90 Å². The first-order chi connectivity index (χ1) is 13.0. The number of ether oxygens (including phenoxy) is 3. The van der Waals surface area contributed by atoms with Gasteiger partial charge in [-0.2, -0.15) is 0 Å². The Morgan fingerprint density at radius 3 is 2.44 bits per heavy atom. The molecule has 3 saturated heterocycles. The molecule has 5 atom stereocenters. The number of para-hydroxylation sites is 1.